The number of carbonyl (C=O) groups excluding carboxylic acids is 1. The molecule has 3 rings (SSSR count). The molecule has 0 saturated carbocycles. The summed E-state index contributed by atoms with van der Waals surface area (Å²) in [7, 11) is 0. The lowest BCUT2D eigenvalue weighted by molar-refractivity contribution is -0.124. The predicted octanol–water partition coefficient (Wildman–Crippen LogP) is 3.16. The Balaban J connectivity index is 1.74. The van der Waals surface area contributed by atoms with Crippen LogP contribution in [0.1, 0.15) is 24.1 Å². The van der Waals surface area contributed by atoms with Gasteiger partial charge < -0.3 is 5.32 Å². The van der Waals surface area contributed by atoms with Crippen molar-refractivity contribution in [1.82, 2.24) is 15.1 Å². The van der Waals surface area contributed by atoms with Gasteiger partial charge in [0.2, 0.25) is 5.91 Å². The second-order valence-electron chi connectivity index (χ2n) is 5.86. The summed E-state index contributed by atoms with van der Waals surface area (Å²) < 4.78 is 1.24. The topological polar surface area (TPSA) is 64.0 Å². The van der Waals surface area contributed by atoms with E-state index in [1.54, 1.807) is 24.3 Å². The molecule has 3 aromatic rings. The van der Waals surface area contributed by atoms with Crippen LogP contribution in [0.3, 0.4) is 0 Å². The largest absolute Gasteiger partial charge is 0.350 e. The maximum atomic E-state index is 12.4. The van der Waals surface area contributed by atoms with Crippen LogP contribution in [0.15, 0.2) is 58.7 Å². The van der Waals surface area contributed by atoms with Crippen molar-refractivity contribution in [3.05, 3.63) is 75.4 Å². The van der Waals surface area contributed by atoms with E-state index in [4.69, 9.17) is 0 Å². The highest BCUT2D eigenvalue weighted by Gasteiger charge is 2.18. The average molecular weight is 353 g/mol. The van der Waals surface area contributed by atoms with E-state index in [9.17, 15) is 9.59 Å². The number of nitrogens with one attached hydrogen (secondary N) is 1. The third-order valence-corrected chi connectivity index (χ3v) is 4.82. The lowest BCUT2D eigenvalue weighted by Crippen LogP contribution is -2.36. The second kappa shape index (κ2) is 7.44. The fraction of sp³-hybridized carbons (Fsp3) is 0.211. The van der Waals surface area contributed by atoms with Gasteiger partial charge in [0, 0.05) is 12.6 Å². The first-order valence-electron chi connectivity index (χ1n) is 8.01. The molecule has 0 aliphatic rings. The molecule has 2 aromatic heterocycles. The van der Waals surface area contributed by atoms with Crippen molar-refractivity contribution in [3.63, 3.8) is 0 Å². The number of benzene rings is 1. The number of hydrogen-bond donors (Lipinski definition) is 1. The number of rotatable bonds is 5. The van der Waals surface area contributed by atoms with Gasteiger partial charge in [0.15, 0.2) is 0 Å². The number of nitrogens with zero attached hydrogens (tertiary/aromatic N) is 2. The number of aryl methyl sites for hydroxylation is 1. The molecule has 0 bridgehead atoms. The molecule has 0 fully saturated rings. The molecule has 1 N–H and O–H groups in total. The van der Waals surface area contributed by atoms with Gasteiger partial charge in [-0.25, -0.2) is 4.68 Å². The Kier molecular flexibility index (Phi) is 5.09. The van der Waals surface area contributed by atoms with Crippen molar-refractivity contribution in [2.24, 2.45) is 0 Å². The fourth-order valence-corrected chi connectivity index (χ4v) is 3.10. The number of aromatic nitrogens is 2. The van der Waals surface area contributed by atoms with E-state index in [2.05, 4.69) is 10.4 Å². The van der Waals surface area contributed by atoms with Crippen LogP contribution in [0.4, 0.5) is 0 Å². The SMILES string of the molecule is Cc1ccc(CNC(=O)C(C)n2nc(-c3cccs3)ccc2=O)cc1. The zero-order valence-electron chi connectivity index (χ0n) is 14.1. The third-order valence-electron chi connectivity index (χ3n) is 3.93. The Hall–Kier alpha value is -2.73. The van der Waals surface area contributed by atoms with Crippen LogP contribution >= 0.6 is 11.3 Å². The van der Waals surface area contributed by atoms with Gasteiger partial charge in [0.1, 0.15) is 11.7 Å². The van der Waals surface area contributed by atoms with Crippen molar-refractivity contribution < 1.29 is 4.79 Å². The van der Waals surface area contributed by atoms with Crippen molar-refractivity contribution in [1.29, 1.82) is 0 Å². The first-order valence-corrected chi connectivity index (χ1v) is 8.89. The molecule has 0 spiro atoms. The Morgan fingerprint density at radius 3 is 2.64 bits per heavy atom. The molecule has 1 amide bonds. The number of amides is 1. The number of carbonyl (C=O) groups is 1. The standard InChI is InChI=1S/C19H19N3O2S/c1-13-5-7-15(8-6-13)12-20-19(24)14(2)22-18(23)10-9-16(21-22)17-4-3-11-25-17/h3-11,14H,12H2,1-2H3,(H,20,24). The summed E-state index contributed by atoms with van der Waals surface area (Å²) in [5, 5.41) is 9.17. The molecular weight excluding hydrogens is 334 g/mol. The van der Waals surface area contributed by atoms with Gasteiger partial charge in [-0.2, -0.15) is 5.10 Å². The molecule has 0 aliphatic heterocycles. The van der Waals surface area contributed by atoms with Crippen molar-refractivity contribution in [3.8, 4) is 10.6 Å². The van der Waals surface area contributed by atoms with Gasteiger partial charge in [-0.1, -0.05) is 35.9 Å². The Bertz CT molecular complexity index is 915. The fourth-order valence-electron chi connectivity index (χ4n) is 2.41. The van der Waals surface area contributed by atoms with E-state index < -0.39 is 6.04 Å². The molecule has 0 aliphatic carbocycles. The predicted molar refractivity (Wildman–Crippen MR) is 99.5 cm³/mol. The number of hydrogen-bond acceptors (Lipinski definition) is 4. The Morgan fingerprint density at radius 2 is 1.96 bits per heavy atom. The maximum Gasteiger partial charge on any atom is 0.267 e. The quantitative estimate of drug-likeness (QED) is 0.766. The zero-order chi connectivity index (χ0) is 17.8. The molecular formula is C19H19N3O2S. The summed E-state index contributed by atoms with van der Waals surface area (Å²) in [6.45, 7) is 4.11. The summed E-state index contributed by atoms with van der Waals surface area (Å²) in [6.07, 6.45) is 0. The second-order valence-corrected chi connectivity index (χ2v) is 6.81. The highest BCUT2D eigenvalue weighted by molar-refractivity contribution is 7.13. The Labute approximate surface area is 150 Å². The third kappa shape index (κ3) is 4.03. The first-order chi connectivity index (χ1) is 12.0. The minimum absolute atomic E-state index is 0.237. The number of thiophene rings is 1. The molecule has 1 unspecified atom stereocenters. The molecule has 0 saturated heterocycles. The highest BCUT2D eigenvalue weighted by atomic mass is 32.1. The van der Waals surface area contributed by atoms with Gasteiger partial charge in [0.25, 0.3) is 5.56 Å². The van der Waals surface area contributed by atoms with Crippen molar-refractivity contribution in [2.45, 2.75) is 26.4 Å². The highest BCUT2D eigenvalue weighted by Crippen LogP contribution is 2.21. The summed E-state index contributed by atoms with van der Waals surface area (Å²) in [5.41, 5.74) is 2.58. The molecule has 128 valence electrons. The van der Waals surface area contributed by atoms with Crippen LogP contribution in [0, 0.1) is 6.92 Å². The monoisotopic (exact) mass is 353 g/mol. The van der Waals surface area contributed by atoms with E-state index in [-0.39, 0.29) is 11.5 Å². The van der Waals surface area contributed by atoms with Gasteiger partial charge in [-0.05, 0) is 36.9 Å². The zero-order valence-corrected chi connectivity index (χ0v) is 14.9. The molecule has 25 heavy (non-hydrogen) atoms. The maximum absolute atomic E-state index is 12.4. The van der Waals surface area contributed by atoms with Gasteiger partial charge in [-0.3, -0.25) is 9.59 Å². The van der Waals surface area contributed by atoms with Crippen LogP contribution < -0.4 is 10.9 Å². The normalized spacial score (nSPS) is 11.9. The summed E-state index contributed by atoms with van der Waals surface area (Å²) in [4.78, 5) is 25.5. The van der Waals surface area contributed by atoms with Crippen LogP contribution in [-0.2, 0) is 11.3 Å². The average Bonchev–Trinajstić information content (AvgIpc) is 3.15. The lowest BCUT2D eigenvalue weighted by Gasteiger charge is -2.15. The lowest BCUT2D eigenvalue weighted by atomic mass is 10.1. The molecule has 6 heteroatoms. The molecule has 5 nitrogen and oxygen atoms in total. The van der Waals surface area contributed by atoms with Crippen LogP contribution in [0.2, 0.25) is 0 Å². The van der Waals surface area contributed by atoms with Crippen LogP contribution in [0.5, 0.6) is 0 Å². The van der Waals surface area contributed by atoms with Gasteiger partial charge >= 0.3 is 0 Å². The first kappa shape index (κ1) is 17.1. The van der Waals surface area contributed by atoms with Gasteiger partial charge in [-0.15, -0.1) is 11.3 Å². The molecule has 0 radical (unpaired) electrons. The van der Waals surface area contributed by atoms with Crippen molar-refractivity contribution in [2.75, 3.05) is 0 Å². The molecule has 2 heterocycles. The van der Waals surface area contributed by atoms with E-state index >= 15 is 0 Å². The minimum atomic E-state index is -0.683. The van der Waals surface area contributed by atoms with E-state index in [0.717, 1.165) is 10.4 Å². The smallest absolute Gasteiger partial charge is 0.267 e. The van der Waals surface area contributed by atoms with E-state index in [1.165, 1.54) is 16.3 Å². The summed E-state index contributed by atoms with van der Waals surface area (Å²) in [6, 6.07) is 14.3. The molecule has 1 aromatic carbocycles. The van der Waals surface area contributed by atoms with Crippen LogP contribution in [-0.4, -0.2) is 15.7 Å². The van der Waals surface area contributed by atoms with Gasteiger partial charge in [0.05, 0.1) is 4.88 Å². The van der Waals surface area contributed by atoms with E-state index in [0.29, 0.717) is 12.2 Å². The Morgan fingerprint density at radius 1 is 1.20 bits per heavy atom. The summed E-state index contributed by atoms with van der Waals surface area (Å²) >= 11 is 1.54. The minimum Gasteiger partial charge on any atom is -0.350 e. The van der Waals surface area contributed by atoms with E-state index in [1.807, 2.05) is 48.7 Å². The summed E-state index contributed by atoms with van der Waals surface area (Å²) in [5.74, 6) is -0.237. The van der Waals surface area contributed by atoms with Crippen molar-refractivity contribution >= 4 is 17.2 Å². The molecule has 1 atom stereocenters. The van der Waals surface area contributed by atoms with Crippen LogP contribution in [0.25, 0.3) is 10.6 Å².